The number of aryl methyl sites for hydroxylation is 1. The van der Waals surface area contributed by atoms with Crippen molar-refractivity contribution < 1.29 is 13.3 Å². The third-order valence-corrected chi connectivity index (χ3v) is 8.43. The minimum atomic E-state index is -1.67. The molecule has 0 aliphatic heterocycles. The lowest BCUT2D eigenvalue weighted by Crippen LogP contribution is -2.16. The van der Waals surface area contributed by atoms with Crippen LogP contribution < -0.4 is 14.8 Å². The molecule has 9 heteroatoms. The van der Waals surface area contributed by atoms with Crippen LogP contribution in [0.5, 0.6) is 5.75 Å². The summed E-state index contributed by atoms with van der Waals surface area (Å²) in [6.07, 6.45) is 6.54. The number of halogens is 2. The van der Waals surface area contributed by atoms with Crippen LogP contribution in [0.25, 0.3) is 10.4 Å². The van der Waals surface area contributed by atoms with Crippen molar-refractivity contribution in [1.29, 1.82) is 0 Å². The fourth-order valence-corrected chi connectivity index (χ4v) is 6.15. The van der Waals surface area contributed by atoms with Gasteiger partial charge in [-0.1, -0.05) is 42.2 Å². The zero-order valence-electron chi connectivity index (χ0n) is 18.6. The van der Waals surface area contributed by atoms with Gasteiger partial charge in [-0.05, 0) is 67.6 Å². The average molecular weight is 508 g/mol. The molecule has 0 saturated heterocycles. The van der Waals surface area contributed by atoms with Crippen LogP contribution in [-0.2, 0) is 11.0 Å². The first-order valence-corrected chi connectivity index (χ1v) is 13.3. The summed E-state index contributed by atoms with van der Waals surface area (Å²) in [4.78, 5) is 6.19. The van der Waals surface area contributed by atoms with Crippen LogP contribution in [0.3, 0.4) is 0 Å². The summed E-state index contributed by atoms with van der Waals surface area (Å²) in [7, 11) is -0.137. The van der Waals surface area contributed by atoms with Crippen LogP contribution >= 0.6 is 22.9 Å². The van der Waals surface area contributed by atoms with Crippen molar-refractivity contribution in [2.45, 2.75) is 43.9 Å². The second kappa shape index (κ2) is 10.8. The quantitative estimate of drug-likeness (QED) is 0.343. The molecule has 176 valence electrons. The largest absolute Gasteiger partial charge is 0.495 e. The third kappa shape index (κ3) is 5.86. The Morgan fingerprint density at radius 1 is 1.21 bits per heavy atom. The minimum absolute atomic E-state index is 0.0134. The van der Waals surface area contributed by atoms with E-state index < -0.39 is 16.8 Å². The summed E-state index contributed by atoms with van der Waals surface area (Å²) >= 11 is 7.34. The molecular weight excluding hydrogens is 481 g/mol. The Kier molecular flexibility index (Phi) is 7.88. The molecule has 1 fully saturated rings. The average Bonchev–Trinajstić information content (AvgIpc) is 3.20. The molecule has 1 saturated carbocycles. The van der Waals surface area contributed by atoms with E-state index in [0.29, 0.717) is 22.3 Å². The second-order valence-corrected chi connectivity index (χ2v) is 10.8. The highest BCUT2D eigenvalue weighted by Gasteiger charge is 2.18. The van der Waals surface area contributed by atoms with E-state index in [4.69, 9.17) is 21.3 Å². The number of hydrogen-bond acceptors (Lipinski definition) is 5. The van der Waals surface area contributed by atoms with Crippen molar-refractivity contribution in [2.75, 3.05) is 23.7 Å². The molecular formula is C24H27ClFN3O2S2. The van der Waals surface area contributed by atoms with Gasteiger partial charge < -0.3 is 14.8 Å². The van der Waals surface area contributed by atoms with Crippen molar-refractivity contribution in [3.05, 3.63) is 52.9 Å². The molecule has 3 aromatic rings. The Morgan fingerprint density at radius 3 is 2.73 bits per heavy atom. The number of thiazole rings is 1. The molecule has 5 nitrogen and oxygen atoms in total. The second-order valence-electron chi connectivity index (χ2n) is 8.18. The number of hydrogen-bond donors (Lipinski definition) is 2. The molecule has 4 rings (SSSR count). The first-order chi connectivity index (χ1) is 15.9. The van der Waals surface area contributed by atoms with Gasteiger partial charge in [0.1, 0.15) is 16.5 Å². The predicted octanol–water partition coefficient (Wildman–Crippen LogP) is 7.05. The lowest BCUT2D eigenvalue weighted by Gasteiger charge is -2.21. The Hall–Kier alpha value is -2.16. The number of nitrogens with one attached hydrogen (secondary N) is 2. The van der Waals surface area contributed by atoms with Gasteiger partial charge in [-0.3, -0.25) is 0 Å². The van der Waals surface area contributed by atoms with E-state index in [1.807, 2.05) is 19.1 Å². The van der Waals surface area contributed by atoms with Crippen LogP contribution in [0, 0.1) is 18.7 Å². The highest BCUT2D eigenvalue weighted by atomic mass is 35.5. The van der Waals surface area contributed by atoms with Crippen molar-refractivity contribution in [3.63, 3.8) is 0 Å². The standard InChI is InChI=1S/C24H27ClFN3O2S2/c1-15-23(32-24(28-15)27-14-16-6-4-3-5-7-16)17-8-11-21(31-2)22(12-17)33(30)29-18-9-10-19(25)20(26)13-18/h8-13,16,29H,3-7,14H2,1-2H3,(H,27,28). The monoisotopic (exact) mass is 507 g/mol. The van der Waals surface area contributed by atoms with E-state index >= 15 is 0 Å². The molecule has 1 atom stereocenters. The lowest BCUT2D eigenvalue weighted by atomic mass is 9.89. The zero-order valence-corrected chi connectivity index (χ0v) is 21.0. The SMILES string of the molecule is COc1ccc(-c2sc(NCC3CCCCC3)nc2C)cc1S(=O)Nc1ccc(Cl)c(F)c1. The fourth-order valence-electron chi connectivity index (χ4n) is 4.05. The van der Waals surface area contributed by atoms with Crippen molar-refractivity contribution in [3.8, 4) is 16.2 Å². The topological polar surface area (TPSA) is 63.2 Å². The number of aromatic nitrogens is 1. The lowest BCUT2D eigenvalue weighted by molar-refractivity contribution is 0.373. The Bertz CT molecular complexity index is 1150. The van der Waals surface area contributed by atoms with Gasteiger partial charge in [0.2, 0.25) is 0 Å². The molecule has 33 heavy (non-hydrogen) atoms. The highest BCUT2D eigenvalue weighted by Crippen LogP contribution is 2.37. The van der Waals surface area contributed by atoms with Crippen molar-refractivity contribution in [1.82, 2.24) is 4.98 Å². The summed E-state index contributed by atoms with van der Waals surface area (Å²) in [6, 6.07) is 9.78. The summed E-state index contributed by atoms with van der Waals surface area (Å²) in [5.41, 5.74) is 2.19. The molecule has 2 N–H and O–H groups in total. The van der Waals surface area contributed by atoms with E-state index in [9.17, 15) is 8.60 Å². The van der Waals surface area contributed by atoms with Gasteiger partial charge >= 0.3 is 0 Å². The van der Waals surface area contributed by atoms with Crippen LogP contribution in [0.2, 0.25) is 5.02 Å². The third-order valence-electron chi connectivity index (χ3n) is 5.82. The normalized spacial score (nSPS) is 15.3. The number of benzene rings is 2. The fraction of sp³-hybridized carbons (Fsp3) is 0.375. The molecule has 0 amide bonds. The Labute approximate surface area is 205 Å². The maximum Gasteiger partial charge on any atom is 0.183 e. The smallest absolute Gasteiger partial charge is 0.183 e. The maximum absolute atomic E-state index is 13.8. The minimum Gasteiger partial charge on any atom is -0.495 e. The van der Waals surface area contributed by atoms with Crippen LogP contribution in [0.1, 0.15) is 37.8 Å². The summed E-state index contributed by atoms with van der Waals surface area (Å²) in [6.45, 7) is 2.93. The van der Waals surface area contributed by atoms with Gasteiger partial charge in [-0.2, -0.15) is 0 Å². The summed E-state index contributed by atoms with van der Waals surface area (Å²) in [5.74, 6) is 0.620. The van der Waals surface area contributed by atoms with Gasteiger partial charge in [-0.15, -0.1) is 0 Å². The number of ether oxygens (including phenoxy) is 1. The Balaban J connectivity index is 1.54. The molecule has 1 aliphatic rings. The van der Waals surface area contributed by atoms with E-state index in [1.165, 1.54) is 51.3 Å². The van der Waals surface area contributed by atoms with Gasteiger partial charge in [-0.25, -0.2) is 13.6 Å². The number of rotatable bonds is 8. The van der Waals surface area contributed by atoms with Crippen molar-refractivity contribution in [2.24, 2.45) is 5.92 Å². The molecule has 1 heterocycles. The van der Waals surface area contributed by atoms with Crippen LogP contribution in [0.15, 0.2) is 41.3 Å². The maximum atomic E-state index is 13.8. The molecule has 0 bridgehead atoms. The Morgan fingerprint density at radius 2 is 2.00 bits per heavy atom. The van der Waals surface area contributed by atoms with Gasteiger partial charge in [0.25, 0.3) is 0 Å². The first-order valence-electron chi connectivity index (χ1n) is 11.0. The van der Waals surface area contributed by atoms with E-state index in [0.717, 1.165) is 27.8 Å². The number of methoxy groups -OCH3 is 1. The molecule has 0 spiro atoms. The summed E-state index contributed by atoms with van der Waals surface area (Å²) in [5, 5.41) is 4.43. The first kappa shape index (κ1) is 24.0. The molecule has 1 unspecified atom stereocenters. The van der Waals surface area contributed by atoms with E-state index in [2.05, 4.69) is 10.0 Å². The predicted molar refractivity (Wildman–Crippen MR) is 135 cm³/mol. The molecule has 0 radical (unpaired) electrons. The van der Waals surface area contributed by atoms with E-state index in [1.54, 1.807) is 23.5 Å². The van der Waals surface area contributed by atoms with E-state index in [-0.39, 0.29) is 5.02 Å². The molecule has 1 aliphatic carbocycles. The van der Waals surface area contributed by atoms with Crippen molar-refractivity contribution >= 4 is 44.7 Å². The zero-order chi connectivity index (χ0) is 23.4. The molecule has 1 aromatic heterocycles. The molecule has 2 aromatic carbocycles. The van der Waals surface area contributed by atoms with Gasteiger partial charge in [0.15, 0.2) is 16.1 Å². The highest BCUT2D eigenvalue weighted by molar-refractivity contribution is 7.86. The van der Waals surface area contributed by atoms with Crippen LogP contribution in [0.4, 0.5) is 15.2 Å². The van der Waals surface area contributed by atoms with Gasteiger partial charge in [0, 0.05) is 12.2 Å². The van der Waals surface area contributed by atoms with Crippen LogP contribution in [-0.4, -0.2) is 22.8 Å². The number of anilines is 2. The van der Waals surface area contributed by atoms with Gasteiger partial charge in [0.05, 0.1) is 22.7 Å². The number of nitrogens with zero attached hydrogens (tertiary/aromatic N) is 1. The summed E-state index contributed by atoms with van der Waals surface area (Å²) < 4.78 is 35.1.